The average molecular weight is 1170 g/mol. The van der Waals surface area contributed by atoms with Crippen LogP contribution in [0.4, 0.5) is 0 Å². The van der Waals surface area contributed by atoms with Crippen molar-refractivity contribution >= 4 is 36.3 Å². The second-order valence-corrected chi connectivity index (χ2v) is 15.0. The zero-order chi connectivity index (χ0) is 65.1. The number of carbonyl (C=O) groups is 6. The molecule has 30 heteroatoms. The predicted molar refractivity (Wildman–Crippen MR) is 299 cm³/mol. The number of methoxy groups -OCH3 is 12. The van der Waals surface area contributed by atoms with Crippen LogP contribution in [0.1, 0.15) is 130 Å². The Kier molecular flexibility index (Phi) is 102. The Hall–Kier alpha value is -3.90. The van der Waals surface area contributed by atoms with E-state index < -0.39 is 36.3 Å². The summed E-state index contributed by atoms with van der Waals surface area (Å²) in [5, 5.41) is 63.6. The fourth-order valence-corrected chi connectivity index (χ4v) is 3.14. The van der Waals surface area contributed by atoms with Crippen molar-refractivity contribution in [1.82, 2.24) is 31.9 Å². The van der Waals surface area contributed by atoms with Gasteiger partial charge in [0.05, 0.1) is 0 Å². The standard InChI is InChI=1S/6C6H15NO2.C4H8O2.C3H4O4.C3H6O2.C2H4O2.CH2O2/c6*1-5(8-3)7-6(2)9-4;1-2-3-4(5)6;4-2(5)1-3(6)7;1-2-3(4)5;1-2(3)4;2-1-3/h6*5-7H,1-4H3;2-3H2,1H3,(H,5,6);1H2,(H,4,5)(H,6,7);2H2,1H3,(H,4,5);1H3,(H,3,4);1H,(H,2,3). The molecule has 0 saturated heterocycles. The summed E-state index contributed by atoms with van der Waals surface area (Å²) in [6.45, 7) is 27.4. The van der Waals surface area contributed by atoms with E-state index in [0.29, 0.717) is 6.42 Å². The van der Waals surface area contributed by atoms with Crippen molar-refractivity contribution in [2.24, 2.45) is 0 Å². The fourth-order valence-electron chi connectivity index (χ4n) is 3.14. The molecule has 12 N–H and O–H groups in total. The maximum Gasteiger partial charge on any atom is 0.314 e. The maximum absolute atomic E-state index is 9.60. The molecule has 0 rings (SSSR count). The van der Waals surface area contributed by atoms with Crippen LogP contribution in [-0.2, 0) is 85.6 Å². The summed E-state index contributed by atoms with van der Waals surface area (Å²) < 4.78 is 59.2. The van der Waals surface area contributed by atoms with Crippen LogP contribution in [0.15, 0.2) is 0 Å². The summed E-state index contributed by atoms with van der Waals surface area (Å²) in [4.78, 5) is 55.2. The highest BCUT2D eigenvalue weighted by molar-refractivity contribution is 5.88. The minimum atomic E-state index is -1.31. The molecule has 0 bridgehead atoms. The van der Waals surface area contributed by atoms with Crippen LogP contribution < -0.4 is 31.9 Å². The molecule has 12 unspecified atom stereocenters. The van der Waals surface area contributed by atoms with Crippen molar-refractivity contribution in [3.63, 3.8) is 0 Å². The van der Waals surface area contributed by atoms with Gasteiger partial charge in [0, 0.05) is 105 Å². The summed E-state index contributed by atoms with van der Waals surface area (Å²) in [6.07, 6.45) is 1.11. The lowest BCUT2D eigenvalue weighted by atomic mass is 10.4. The monoisotopic (exact) mass is 1170 g/mol. The average Bonchev–Trinajstić information content (AvgIpc) is 3.38. The van der Waals surface area contributed by atoms with Crippen molar-refractivity contribution in [2.45, 2.75) is 204 Å². The predicted octanol–water partition coefficient (Wildman–Crippen LogP) is 4.05. The topological polar surface area (TPSA) is 407 Å². The number of hydrogen-bond acceptors (Lipinski definition) is 24. The van der Waals surface area contributed by atoms with Gasteiger partial charge in [0.15, 0.2) is 0 Å². The SMILES string of the molecule is CC(=O)O.CCC(=O)O.CCCC(=O)O.COC(C)NC(C)OC.COC(C)NC(C)OC.COC(C)NC(C)OC.COC(C)NC(C)OC.COC(C)NC(C)OC.COC(C)NC(C)OC.O=C(O)CC(=O)O.O=CO. The highest BCUT2D eigenvalue weighted by atomic mass is 16.5. The second kappa shape index (κ2) is 80.6. The highest BCUT2D eigenvalue weighted by Crippen LogP contribution is 1.91. The first-order chi connectivity index (χ1) is 36.5. The molecule has 12 atom stereocenters. The van der Waals surface area contributed by atoms with Crippen molar-refractivity contribution in [3.8, 4) is 0 Å². The zero-order valence-electron chi connectivity index (χ0n) is 52.9. The minimum Gasteiger partial charge on any atom is -0.483 e. The highest BCUT2D eigenvalue weighted by Gasteiger charge is 2.06. The number of aliphatic carboxylic acids is 5. The molecule has 0 amide bonds. The molecule has 0 saturated carbocycles. The van der Waals surface area contributed by atoms with Gasteiger partial charge in [0.1, 0.15) is 81.2 Å². The number of carboxylic acids is 5. The smallest absolute Gasteiger partial charge is 0.314 e. The number of hydrogen-bond donors (Lipinski definition) is 12. The summed E-state index contributed by atoms with van der Waals surface area (Å²) in [6, 6.07) is 0. The molecule has 0 aliphatic carbocycles. The molecule has 0 aromatic heterocycles. The molecule has 0 aromatic rings. The van der Waals surface area contributed by atoms with Gasteiger partial charge in [0.2, 0.25) is 0 Å². The largest absolute Gasteiger partial charge is 0.483 e. The summed E-state index contributed by atoms with van der Waals surface area (Å²) in [5.41, 5.74) is 0. The lowest BCUT2D eigenvalue weighted by Gasteiger charge is -2.16. The van der Waals surface area contributed by atoms with Crippen LogP contribution in [0, 0.1) is 0 Å². The van der Waals surface area contributed by atoms with E-state index in [2.05, 4.69) is 31.9 Å². The third-order valence-electron chi connectivity index (χ3n) is 8.13. The van der Waals surface area contributed by atoms with Crippen LogP contribution in [0.5, 0.6) is 0 Å². The molecule has 484 valence electrons. The molecule has 0 aliphatic rings. The number of ether oxygens (including phenoxy) is 12. The summed E-state index contributed by atoms with van der Waals surface area (Å²) in [7, 11) is 19.8. The van der Waals surface area contributed by atoms with Crippen molar-refractivity contribution in [2.75, 3.05) is 85.3 Å². The third kappa shape index (κ3) is 137. The summed E-state index contributed by atoms with van der Waals surface area (Å²) in [5.74, 6) is -4.91. The Labute approximate surface area is 473 Å². The molecule has 0 aromatic carbocycles. The van der Waals surface area contributed by atoms with E-state index in [1.54, 1.807) is 92.2 Å². The van der Waals surface area contributed by atoms with Crippen LogP contribution in [0.2, 0.25) is 0 Å². The molecular weight excluding hydrogens is 1060 g/mol. The van der Waals surface area contributed by atoms with Crippen LogP contribution in [-0.4, -0.2) is 227 Å². The van der Waals surface area contributed by atoms with Crippen LogP contribution in [0.25, 0.3) is 0 Å². The van der Waals surface area contributed by atoms with E-state index in [4.69, 9.17) is 97.1 Å². The van der Waals surface area contributed by atoms with Crippen LogP contribution in [0.3, 0.4) is 0 Å². The Morgan fingerprint density at radius 1 is 0.342 bits per heavy atom. The fraction of sp³-hybridized carbons (Fsp3) is 0.878. The molecule has 79 heavy (non-hydrogen) atoms. The Balaban J connectivity index is -0.0000000724. The first-order valence-electron chi connectivity index (χ1n) is 24.6. The number of rotatable bonds is 29. The summed E-state index contributed by atoms with van der Waals surface area (Å²) >= 11 is 0. The minimum absolute atomic E-state index is 0.0555. The van der Waals surface area contributed by atoms with Gasteiger partial charge in [-0.2, -0.15) is 0 Å². The normalized spacial score (nSPS) is 14.1. The lowest BCUT2D eigenvalue weighted by Crippen LogP contribution is -2.36. The van der Waals surface area contributed by atoms with Crippen molar-refractivity contribution in [1.29, 1.82) is 0 Å². The van der Waals surface area contributed by atoms with E-state index in [1.165, 1.54) is 0 Å². The van der Waals surface area contributed by atoms with Crippen molar-refractivity contribution in [3.05, 3.63) is 0 Å². The van der Waals surface area contributed by atoms with Gasteiger partial charge < -0.3 is 87.5 Å². The lowest BCUT2D eigenvalue weighted by molar-refractivity contribution is -0.147. The van der Waals surface area contributed by atoms with E-state index in [9.17, 15) is 19.2 Å². The van der Waals surface area contributed by atoms with E-state index >= 15 is 0 Å². The molecule has 0 fully saturated rings. The number of carboxylic acid groups (broad SMARTS) is 6. The Morgan fingerprint density at radius 3 is 0.481 bits per heavy atom. The Morgan fingerprint density at radius 2 is 0.456 bits per heavy atom. The molecule has 0 spiro atoms. The third-order valence-corrected chi connectivity index (χ3v) is 8.13. The van der Waals surface area contributed by atoms with Crippen LogP contribution >= 0.6 is 0 Å². The van der Waals surface area contributed by atoms with Gasteiger partial charge in [-0.15, -0.1) is 0 Å². The molecule has 0 aliphatic heterocycles. The van der Waals surface area contributed by atoms with Gasteiger partial charge in [-0.3, -0.25) is 60.7 Å². The second-order valence-electron chi connectivity index (χ2n) is 15.0. The first kappa shape index (κ1) is 100. The molecule has 0 heterocycles. The molecule has 0 radical (unpaired) electrons. The number of nitrogens with one attached hydrogen (secondary N) is 6. The van der Waals surface area contributed by atoms with E-state index in [1.807, 2.05) is 90.0 Å². The Bertz CT molecular complexity index is 1060. The first-order valence-corrected chi connectivity index (χ1v) is 24.6. The van der Waals surface area contributed by atoms with E-state index in [-0.39, 0.29) is 87.6 Å². The van der Waals surface area contributed by atoms with Crippen molar-refractivity contribution < 1.29 is 116 Å². The van der Waals surface area contributed by atoms with Gasteiger partial charge >= 0.3 is 23.9 Å². The maximum atomic E-state index is 9.60. The van der Waals surface area contributed by atoms with Gasteiger partial charge in [-0.1, -0.05) is 13.8 Å². The van der Waals surface area contributed by atoms with Gasteiger partial charge in [-0.05, 0) is 89.5 Å². The molecule has 30 nitrogen and oxygen atoms in total. The molecular formula is C49H114N6O24. The van der Waals surface area contributed by atoms with E-state index in [0.717, 1.165) is 13.3 Å². The van der Waals surface area contributed by atoms with Gasteiger partial charge in [-0.25, -0.2) is 0 Å². The van der Waals surface area contributed by atoms with Gasteiger partial charge in [0.25, 0.3) is 12.4 Å². The quantitative estimate of drug-likeness (QED) is 0.0285. The zero-order valence-corrected chi connectivity index (χ0v) is 52.9.